The number of aryl methyl sites for hydroxylation is 1. The molecule has 0 spiro atoms. The molecule has 6 heteroatoms. The summed E-state index contributed by atoms with van der Waals surface area (Å²) in [6, 6.07) is 13.7. The number of aromatic hydroxyl groups is 1. The number of nitrogens with zero attached hydrogens (tertiary/aromatic N) is 3. The fourth-order valence-corrected chi connectivity index (χ4v) is 4.70. The standard InChI is InChI=1S/C24H42O2.C10H9N3O/c1-4-7-10-13-16-21-18-19-23(25)24(26-20-15-12-9-6-3)22(21)17-14-11-8-5-2;1-14-9-7-11-13-12-10(9)8-5-3-2-4-6-8/h18-19,25H,4-17,20H2,1-3H3;2-7H,1H3. The van der Waals surface area contributed by atoms with E-state index in [1.165, 1.54) is 81.8 Å². The number of ether oxygens (including phenoxy) is 2. The molecule has 6 nitrogen and oxygen atoms in total. The minimum atomic E-state index is 0.322. The molecule has 0 saturated heterocycles. The van der Waals surface area contributed by atoms with Crippen LogP contribution in [0.1, 0.15) is 109 Å². The van der Waals surface area contributed by atoms with Crippen molar-refractivity contribution in [1.29, 1.82) is 0 Å². The van der Waals surface area contributed by atoms with Gasteiger partial charge in [-0.25, -0.2) is 0 Å². The van der Waals surface area contributed by atoms with Crippen molar-refractivity contribution in [3.63, 3.8) is 0 Å². The third-order valence-corrected chi connectivity index (χ3v) is 7.03. The lowest BCUT2D eigenvalue weighted by molar-refractivity contribution is 0.285. The SMILES string of the molecule is CCCCCCOc1c(O)ccc(CCCCCC)c1CCCCCC.COc1cnnnc1-c1ccccc1. The molecule has 1 N–H and O–H groups in total. The molecule has 0 amide bonds. The van der Waals surface area contributed by atoms with Crippen molar-refractivity contribution in [3.05, 3.63) is 59.8 Å². The van der Waals surface area contributed by atoms with Crippen LogP contribution in [0.15, 0.2) is 48.7 Å². The summed E-state index contributed by atoms with van der Waals surface area (Å²) in [5.41, 5.74) is 4.34. The van der Waals surface area contributed by atoms with E-state index in [1.807, 2.05) is 36.4 Å². The van der Waals surface area contributed by atoms with Crippen molar-refractivity contribution in [2.24, 2.45) is 0 Å². The summed E-state index contributed by atoms with van der Waals surface area (Å²) in [6.45, 7) is 7.44. The van der Waals surface area contributed by atoms with E-state index in [4.69, 9.17) is 9.47 Å². The monoisotopic (exact) mass is 549 g/mol. The quantitative estimate of drug-likeness (QED) is 0.159. The van der Waals surface area contributed by atoms with Crippen molar-refractivity contribution >= 4 is 0 Å². The Bertz CT molecular complexity index is 1060. The van der Waals surface area contributed by atoms with Crippen molar-refractivity contribution in [2.45, 2.75) is 111 Å². The van der Waals surface area contributed by atoms with Crippen LogP contribution in [0.25, 0.3) is 11.3 Å². The first kappa shape index (κ1) is 33.1. The maximum atomic E-state index is 10.4. The van der Waals surface area contributed by atoms with Gasteiger partial charge in [-0.3, -0.25) is 0 Å². The van der Waals surface area contributed by atoms with Gasteiger partial charge in [-0.15, -0.1) is 10.2 Å². The predicted molar refractivity (Wildman–Crippen MR) is 165 cm³/mol. The molecule has 0 aliphatic rings. The zero-order chi connectivity index (χ0) is 28.8. The van der Waals surface area contributed by atoms with E-state index in [1.54, 1.807) is 13.3 Å². The summed E-state index contributed by atoms with van der Waals surface area (Å²) in [5.74, 6) is 1.72. The highest BCUT2D eigenvalue weighted by Crippen LogP contribution is 2.35. The Labute approximate surface area is 242 Å². The molecule has 2 aromatic carbocycles. The highest BCUT2D eigenvalue weighted by molar-refractivity contribution is 5.64. The molecule has 0 atom stereocenters. The molecule has 3 aromatic rings. The van der Waals surface area contributed by atoms with E-state index in [0.717, 1.165) is 37.2 Å². The molecule has 1 aromatic heterocycles. The second-order valence-corrected chi connectivity index (χ2v) is 10.3. The van der Waals surface area contributed by atoms with Gasteiger partial charge in [0.2, 0.25) is 0 Å². The fourth-order valence-electron chi connectivity index (χ4n) is 4.70. The minimum Gasteiger partial charge on any atom is -0.504 e. The Kier molecular flexibility index (Phi) is 17.1. The number of hydrogen-bond acceptors (Lipinski definition) is 6. The zero-order valence-electron chi connectivity index (χ0n) is 25.3. The topological polar surface area (TPSA) is 77.4 Å². The van der Waals surface area contributed by atoms with Crippen LogP contribution in [0.4, 0.5) is 0 Å². The molecule has 40 heavy (non-hydrogen) atoms. The molecule has 220 valence electrons. The molecule has 0 bridgehead atoms. The number of rotatable bonds is 18. The van der Waals surface area contributed by atoms with Gasteiger partial charge in [0.1, 0.15) is 5.69 Å². The van der Waals surface area contributed by atoms with Gasteiger partial charge < -0.3 is 14.6 Å². The molecule has 3 rings (SSSR count). The molecule has 0 saturated carbocycles. The maximum Gasteiger partial charge on any atom is 0.167 e. The maximum absolute atomic E-state index is 10.4. The minimum absolute atomic E-state index is 0.322. The Balaban J connectivity index is 0.000000333. The van der Waals surface area contributed by atoms with Crippen molar-refractivity contribution < 1.29 is 14.6 Å². The Morgan fingerprint density at radius 2 is 1.38 bits per heavy atom. The Morgan fingerprint density at radius 3 is 2.02 bits per heavy atom. The first-order chi connectivity index (χ1) is 19.7. The highest BCUT2D eigenvalue weighted by Gasteiger charge is 2.14. The van der Waals surface area contributed by atoms with Crippen LogP contribution in [-0.2, 0) is 12.8 Å². The smallest absolute Gasteiger partial charge is 0.167 e. The number of hydrogen-bond donors (Lipinski definition) is 1. The summed E-state index contributed by atoms with van der Waals surface area (Å²) in [4.78, 5) is 0. The summed E-state index contributed by atoms with van der Waals surface area (Å²) >= 11 is 0. The molecule has 0 fully saturated rings. The molecule has 0 radical (unpaired) electrons. The average Bonchev–Trinajstić information content (AvgIpc) is 3.00. The number of phenols is 1. The van der Waals surface area contributed by atoms with Crippen molar-refractivity contribution in [2.75, 3.05) is 13.7 Å². The molecule has 0 aliphatic heterocycles. The van der Waals surface area contributed by atoms with Crippen molar-refractivity contribution in [1.82, 2.24) is 15.4 Å². The average molecular weight is 550 g/mol. The second-order valence-electron chi connectivity index (χ2n) is 10.3. The Morgan fingerprint density at radius 1 is 0.725 bits per heavy atom. The normalized spacial score (nSPS) is 10.6. The lowest BCUT2D eigenvalue weighted by Crippen LogP contribution is -2.04. The number of methoxy groups -OCH3 is 1. The lowest BCUT2D eigenvalue weighted by atomic mass is 9.95. The van der Waals surface area contributed by atoms with Gasteiger partial charge in [-0.1, -0.05) is 115 Å². The molecule has 1 heterocycles. The van der Waals surface area contributed by atoms with Gasteiger partial charge in [0, 0.05) is 11.1 Å². The van der Waals surface area contributed by atoms with E-state index in [9.17, 15) is 5.11 Å². The van der Waals surface area contributed by atoms with Crippen LogP contribution in [-0.4, -0.2) is 34.2 Å². The van der Waals surface area contributed by atoms with Gasteiger partial charge in [0.15, 0.2) is 17.2 Å². The van der Waals surface area contributed by atoms with Crippen LogP contribution < -0.4 is 9.47 Å². The zero-order valence-corrected chi connectivity index (χ0v) is 25.3. The summed E-state index contributed by atoms with van der Waals surface area (Å²) in [5, 5.41) is 21.6. The van der Waals surface area contributed by atoms with Crippen LogP contribution in [0.5, 0.6) is 17.2 Å². The van der Waals surface area contributed by atoms with E-state index < -0.39 is 0 Å². The molecular formula is C34H51N3O3. The predicted octanol–water partition coefficient (Wildman–Crippen LogP) is 9.14. The van der Waals surface area contributed by atoms with E-state index in [0.29, 0.717) is 17.2 Å². The summed E-state index contributed by atoms with van der Waals surface area (Å²) in [7, 11) is 1.59. The van der Waals surface area contributed by atoms with E-state index >= 15 is 0 Å². The summed E-state index contributed by atoms with van der Waals surface area (Å²) in [6.07, 6.45) is 18.6. The number of unbranched alkanes of at least 4 members (excludes halogenated alkanes) is 9. The van der Waals surface area contributed by atoms with Gasteiger partial charge >= 0.3 is 0 Å². The van der Waals surface area contributed by atoms with Gasteiger partial charge in [-0.05, 0) is 48.9 Å². The van der Waals surface area contributed by atoms with E-state index in [2.05, 4.69) is 42.2 Å². The number of benzene rings is 2. The van der Waals surface area contributed by atoms with Gasteiger partial charge in [0.25, 0.3) is 0 Å². The highest BCUT2D eigenvalue weighted by atomic mass is 16.5. The third-order valence-electron chi connectivity index (χ3n) is 7.03. The summed E-state index contributed by atoms with van der Waals surface area (Å²) < 4.78 is 11.2. The molecule has 0 unspecified atom stereocenters. The molecular weight excluding hydrogens is 498 g/mol. The van der Waals surface area contributed by atoms with Crippen LogP contribution >= 0.6 is 0 Å². The van der Waals surface area contributed by atoms with Gasteiger partial charge in [0.05, 0.1) is 19.9 Å². The lowest BCUT2D eigenvalue weighted by Gasteiger charge is -2.17. The van der Waals surface area contributed by atoms with Crippen LogP contribution in [0, 0.1) is 0 Å². The first-order valence-electron chi connectivity index (χ1n) is 15.4. The number of phenolic OH excluding ortho intramolecular Hbond substituents is 1. The van der Waals surface area contributed by atoms with Crippen LogP contribution in [0.2, 0.25) is 0 Å². The van der Waals surface area contributed by atoms with Crippen molar-refractivity contribution in [3.8, 4) is 28.5 Å². The fraction of sp³-hybridized carbons (Fsp3) is 0.559. The first-order valence-corrected chi connectivity index (χ1v) is 15.4. The van der Waals surface area contributed by atoms with Gasteiger partial charge in [-0.2, -0.15) is 0 Å². The largest absolute Gasteiger partial charge is 0.504 e. The Hall–Kier alpha value is -3.15. The number of aromatic nitrogens is 3. The molecule has 0 aliphatic carbocycles. The second kappa shape index (κ2) is 20.7. The third kappa shape index (κ3) is 11.9. The van der Waals surface area contributed by atoms with E-state index in [-0.39, 0.29) is 0 Å². The van der Waals surface area contributed by atoms with Crippen LogP contribution in [0.3, 0.4) is 0 Å².